The zero-order valence-electron chi connectivity index (χ0n) is 15.7. The fourth-order valence-electron chi connectivity index (χ4n) is 3.59. The number of rotatable bonds is 4. The lowest BCUT2D eigenvalue weighted by molar-refractivity contribution is 0.296. The van der Waals surface area contributed by atoms with Gasteiger partial charge in [-0.15, -0.1) is 0 Å². The number of aromatic nitrogens is 2. The van der Waals surface area contributed by atoms with E-state index in [9.17, 15) is 15.2 Å². The Labute approximate surface area is 166 Å². The molecule has 0 saturated carbocycles. The van der Waals surface area contributed by atoms with Crippen molar-refractivity contribution < 1.29 is 5.21 Å². The number of nitrogens with two attached hydrogens (primary N) is 1. The summed E-state index contributed by atoms with van der Waals surface area (Å²) in [6.45, 7) is 1.89. The molecule has 3 N–H and O–H groups in total. The first-order valence-corrected chi connectivity index (χ1v) is 9.09. The predicted octanol–water partition coefficient (Wildman–Crippen LogP) is 3.95. The summed E-state index contributed by atoms with van der Waals surface area (Å²) in [6.07, 6.45) is 1.65. The van der Waals surface area contributed by atoms with Crippen LogP contribution in [0.1, 0.15) is 18.5 Å². The van der Waals surface area contributed by atoms with Crippen molar-refractivity contribution in [1.82, 2.24) is 9.55 Å². The molecule has 2 aromatic heterocycles. The van der Waals surface area contributed by atoms with Crippen LogP contribution in [0, 0.1) is 5.21 Å². The molecule has 0 aliphatic rings. The van der Waals surface area contributed by atoms with E-state index in [4.69, 9.17) is 5.73 Å². The molecule has 0 saturated heterocycles. The number of hydrogen-bond donors (Lipinski definition) is 2. The summed E-state index contributed by atoms with van der Waals surface area (Å²) in [7, 11) is 0. The number of nitrogen functional groups attached to an aromatic ring is 1. The standard InChI is InChI=1S/C22H19N4O3/c1-14(15-7-3-2-4-8-15)25-21(23)20(19-9-5-6-12-24-19)17-11-10-16(26(28)29)13-18(17)22(25)27/h2-14,28H,23H2,1H3/q-1. The van der Waals surface area contributed by atoms with E-state index in [0.717, 1.165) is 5.56 Å². The second-order valence-corrected chi connectivity index (χ2v) is 6.74. The van der Waals surface area contributed by atoms with Crippen molar-refractivity contribution in [2.24, 2.45) is 0 Å². The maximum absolute atomic E-state index is 13.4. The minimum absolute atomic E-state index is 0.0368. The van der Waals surface area contributed by atoms with E-state index in [1.54, 1.807) is 18.3 Å². The lowest BCUT2D eigenvalue weighted by Gasteiger charge is -2.24. The third-order valence-electron chi connectivity index (χ3n) is 5.05. The quantitative estimate of drug-likeness (QED) is 0.514. The Balaban J connectivity index is 2.09. The maximum atomic E-state index is 13.4. The van der Waals surface area contributed by atoms with E-state index >= 15 is 0 Å². The van der Waals surface area contributed by atoms with Gasteiger partial charge in [-0.3, -0.25) is 19.6 Å². The monoisotopic (exact) mass is 387 g/mol. The highest BCUT2D eigenvalue weighted by Gasteiger charge is 2.21. The smallest absolute Gasteiger partial charge is 0.260 e. The van der Waals surface area contributed by atoms with Gasteiger partial charge >= 0.3 is 0 Å². The molecular weight excluding hydrogens is 368 g/mol. The molecule has 0 fully saturated rings. The Kier molecular flexibility index (Phi) is 4.75. The summed E-state index contributed by atoms with van der Waals surface area (Å²) in [4.78, 5) is 17.8. The van der Waals surface area contributed by atoms with Crippen molar-refractivity contribution in [3.63, 3.8) is 0 Å². The van der Waals surface area contributed by atoms with Gasteiger partial charge in [0.15, 0.2) is 0 Å². The predicted molar refractivity (Wildman–Crippen MR) is 114 cm³/mol. The molecule has 0 radical (unpaired) electrons. The summed E-state index contributed by atoms with van der Waals surface area (Å²) in [5.41, 5.74) is 8.26. The number of nitrogens with zero attached hydrogens (tertiary/aromatic N) is 3. The Morgan fingerprint density at radius 1 is 1.07 bits per heavy atom. The highest BCUT2D eigenvalue weighted by Crippen LogP contribution is 2.34. The van der Waals surface area contributed by atoms with E-state index in [2.05, 4.69) is 4.98 Å². The van der Waals surface area contributed by atoms with Crippen LogP contribution < -0.4 is 16.5 Å². The minimum atomic E-state index is -0.350. The Morgan fingerprint density at radius 2 is 1.79 bits per heavy atom. The van der Waals surface area contributed by atoms with Gasteiger partial charge in [0.2, 0.25) is 0 Å². The molecule has 4 aromatic rings. The zero-order valence-corrected chi connectivity index (χ0v) is 15.7. The van der Waals surface area contributed by atoms with Gasteiger partial charge in [0.05, 0.1) is 22.8 Å². The highest BCUT2D eigenvalue weighted by molar-refractivity contribution is 6.01. The number of anilines is 2. The van der Waals surface area contributed by atoms with Gasteiger partial charge in [0.1, 0.15) is 5.82 Å². The molecule has 146 valence electrons. The molecular formula is C22H19N4O3-. The van der Waals surface area contributed by atoms with Crippen LogP contribution in [-0.4, -0.2) is 14.8 Å². The van der Waals surface area contributed by atoms with Crippen molar-refractivity contribution in [1.29, 1.82) is 0 Å². The van der Waals surface area contributed by atoms with Gasteiger partial charge in [0, 0.05) is 17.1 Å². The van der Waals surface area contributed by atoms with Crippen LogP contribution in [0.2, 0.25) is 0 Å². The molecule has 1 unspecified atom stereocenters. The van der Waals surface area contributed by atoms with E-state index < -0.39 is 0 Å². The first-order valence-electron chi connectivity index (χ1n) is 9.09. The number of pyridine rings is 2. The fourth-order valence-corrected chi connectivity index (χ4v) is 3.59. The second kappa shape index (κ2) is 7.38. The molecule has 0 aliphatic heterocycles. The average Bonchev–Trinajstić information content (AvgIpc) is 2.75. The van der Waals surface area contributed by atoms with Crippen LogP contribution in [-0.2, 0) is 0 Å². The van der Waals surface area contributed by atoms with E-state index in [1.807, 2.05) is 49.4 Å². The van der Waals surface area contributed by atoms with Gasteiger partial charge in [-0.1, -0.05) is 42.5 Å². The first kappa shape index (κ1) is 18.7. The van der Waals surface area contributed by atoms with Crippen LogP contribution in [0.3, 0.4) is 0 Å². The lowest BCUT2D eigenvalue weighted by atomic mass is 10.0. The van der Waals surface area contributed by atoms with Gasteiger partial charge in [0.25, 0.3) is 5.56 Å². The Bertz CT molecular complexity index is 1220. The summed E-state index contributed by atoms with van der Waals surface area (Å²) >= 11 is 0. The molecule has 2 aromatic carbocycles. The number of benzene rings is 2. The van der Waals surface area contributed by atoms with E-state index in [-0.39, 0.29) is 33.7 Å². The van der Waals surface area contributed by atoms with Crippen molar-refractivity contribution in [2.45, 2.75) is 13.0 Å². The third kappa shape index (κ3) is 3.22. The van der Waals surface area contributed by atoms with Crippen LogP contribution in [0.4, 0.5) is 11.5 Å². The van der Waals surface area contributed by atoms with Gasteiger partial charge in [-0.05, 0) is 36.8 Å². The molecule has 2 heterocycles. The van der Waals surface area contributed by atoms with E-state index in [1.165, 1.54) is 16.7 Å². The fraction of sp³-hybridized carbons (Fsp3) is 0.0909. The molecule has 0 amide bonds. The molecule has 4 rings (SSSR count). The zero-order chi connectivity index (χ0) is 20.5. The summed E-state index contributed by atoms with van der Waals surface area (Å²) in [6, 6.07) is 19.0. The van der Waals surface area contributed by atoms with Gasteiger partial charge in [-0.25, -0.2) is 0 Å². The van der Waals surface area contributed by atoms with Crippen molar-refractivity contribution >= 4 is 22.3 Å². The topological polar surface area (TPSA) is 107 Å². The Morgan fingerprint density at radius 3 is 2.45 bits per heavy atom. The largest absolute Gasteiger partial charge is 0.733 e. The third-order valence-corrected chi connectivity index (χ3v) is 5.05. The summed E-state index contributed by atoms with van der Waals surface area (Å²) in [5, 5.41) is 21.3. The number of hydrogen-bond acceptors (Lipinski definition) is 6. The van der Waals surface area contributed by atoms with Crippen LogP contribution in [0.15, 0.2) is 77.7 Å². The van der Waals surface area contributed by atoms with Crippen molar-refractivity contribution in [3.05, 3.63) is 94.1 Å². The Hall–Kier alpha value is -3.68. The minimum Gasteiger partial charge on any atom is -0.733 e. The highest BCUT2D eigenvalue weighted by atomic mass is 16.8. The second-order valence-electron chi connectivity index (χ2n) is 6.74. The van der Waals surface area contributed by atoms with E-state index in [0.29, 0.717) is 16.6 Å². The average molecular weight is 387 g/mol. The summed E-state index contributed by atoms with van der Waals surface area (Å²) in [5.74, 6) is 0.285. The molecule has 1 atom stereocenters. The molecule has 0 aliphatic carbocycles. The van der Waals surface area contributed by atoms with Gasteiger partial charge in [-0.2, -0.15) is 0 Å². The molecule has 0 spiro atoms. The normalized spacial score (nSPS) is 12.1. The van der Waals surface area contributed by atoms with Crippen molar-refractivity contribution in [2.75, 3.05) is 11.0 Å². The maximum Gasteiger partial charge on any atom is 0.260 e. The van der Waals surface area contributed by atoms with Crippen LogP contribution in [0.25, 0.3) is 22.0 Å². The molecule has 7 nitrogen and oxygen atoms in total. The van der Waals surface area contributed by atoms with Crippen LogP contribution in [0.5, 0.6) is 0 Å². The first-order chi connectivity index (χ1) is 14.0. The van der Waals surface area contributed by atoms with Gasteiger partial charge < -0.3 is 16.2 Å². The number of fused-ring (bicyclic) bond motifs is 1. The lowest BCUT2D eigenvalue weighted by Crippen LogP contribution is -2.27. The SMILES string of the molecule is CC(c1ccccc1)n1c(N)c(-c2ccccn2)c2ccc(N([O-])O)cc2c1=O. The van der Waals surface area contributed by atoms with Crippen molar-refractivity contribution in [3.8, 4) is 11.3 Å². The summed E-state index contributed by atoms with van der Waals surface area (Å²) < 4.78 is 1.50. The molecule has 7 heteroatoms. The molecule has 29 heavy (non-hydrogen) atoms. The molecule has 0 bridgehead atoms. The van der Waals surface area contributed by atoms with Crippen LogP contribution >= 0.6 is 0 Å².